The first-order chi connectivity index (χ1) is 13.0. The van der Waals surface area contributed by atoms with Crippen LogP contribution in [0.15, 0.2) is 53.5 Å². The molecule has 0 saturated heterocycles. The monoisotopic (exact) mass is 371 g/mol. The average Bonchev–Trinajstić information content (AvgIpc) is 2.95. The molecule has 0 aliphatic carbocycles. The van der Waals surface area contributed by atoms with E-state index in [1.165, 1.54) is 24.3 Å². The number of amides is 1. The van der Waals surface area contributed by atoms with Gasteiger partial charge in [-0.3, -0.25) is 10.1 Å². The Kier molecular flexibility index (Phi) is 5.05. The molecule has 1 aliphatic heterocycles. The van der Waals surface area contributed by atoms with Gasteiger partial charge in [0, 0.05) is 5.56 Å². The number of alkyl halides is 2. The summed E-state index contributed by atoms with van der Waals surface area (Å²) in [4.78, 5) is 17.1. The lowest BCUT2D eigenvalue weighted by atomic mass is 9.82. The molecule has 27 heavy (non-hydrogen) atoms. The molecule has 0 saturated carbocycles. The van der Waals surface area contributed by atoms with E-state index in [-0.39, 0.29) is 18.3 Å². The van der Waals surface area contributed by atoms with Crippen molar-refractivity contribution < 1.29 is 23.4 Å². The first-order valence-electron chi connectivity index (χ1n) is 7.88. The van der Waals surface area contributed by atoms with Gasteiger partial charge in [-0.15, -0.1) is 0 Å². The zero-order valence-corrected chi connectivity index (χ0v) is 13.9. The second-order valence-corrected chi connectivity index (χ2v) is 5.61. The zero-order chi connectivity index (χ0) is 19.4. The summed E-state index contributed by atoms with van der Waals surface area (Å²) in [6.07, 6.45) is 0. The number of hydrogen-bond acceptors (Lipinski definition) is 5. The van der Waals surface area contributed by atoms with Crippen LogP contribution in [-0.2, 0) is 10.3 Å². The average molecular weight is 371 g/mol. The molecule has 2 aromatic carbocycles. The van der Waals surface area contributed by atoms with Gasteiger partial charge in [0.05, 0.1) is 0 Å². The topological polar surface area (TPSA) is 96.9 Å². The highest BCUT2D eigenvalue weighted by molar-refractivity contribution is 6.09. The van der Waals surface area contributed by atoms with Crippen molar-refractivity contribution in [1.29, 1.82) is 0 Å². The number of benzene rings is 2. The second kappa shape index (κ2) is 7.43. The molecule has 1 aliphatic rings. The Morgan fingerprint density at radius 3 is 2.56 bits per heavy atom. The highest BCUT2D eigenvalue weighted by atomic mass is 19.3. The first kappa shape index (κ1) is 18.4. The van der Waals surface area contributed by atoms with Gasteiger partial charge in [0.25, 0.3) is 5.91 Å². The summed E-state index contributed by atoms with van der Waals surface area (Å²) in [5.74, 6) is 4.73. The summed E-state index contributed by atoms with van der Waals surface area (Å²) in [7, 11) is 0. The number of carbonyl (C=O) groups is 1. The molecule has 1 heterocycles. The molecule has 3 rings (SSSR count). The number of ether oxygens (including phenoxy) is 1. The molecule has 6 nitrogen and oxygen atoms in total. The van der Waals surface area contributed by atoms with Crippen molar-refractivity contribution in [2.45, 2.75) is 12.2 Å². The Labute approximate surface area is 153 Å². The summed E-state index contributed by atoms with van der Waals surface area (Å²) in [5.41, 5.74) is 5.74. The molecule has 138 valence electrons. The van der Waals surface area contributed by atoms with Crippen LogP contribution in [-0.4, -0.2) is 30.2 Å². The van der Waals surface area contributed by atoms with E-state index >= 15 is 0 Å². The number of guanidine groups is 1. The molecule has 0 aromatic heterocycles. The second-order valence-electron chi connectivity index (χ2n) is 5.61. The Balaban J connectivity index is 2.11. The molecule has 4 N–H and O–H groups in total. The minimum absolute atomic E-state index is 0.0400. The molecule has 2 aromatic rings. The summed E-state index contributed by atoms with van der Waals surface area (Å²) in [5, 5.41) is 11.3. The molecular formula is C19H15F2N3O3. The van der Waals surface area contributed by atoms with Crippen molar-refractivity contribution in [2.24, 2.45) is 10.7 Å². The van der Waals surface area contributed by atoms with E-state index in [1.807, 2.05) is 0 Å². The maximum Gasteiger partial charge on any atom is 0.387 e. The van der Waals surface area contributed by atoms with Crippen molar-refractivity contribution in [3.8, 4) is 17.6 Å². The lowest BCUT2D eigenvalue weighted by Crippen LogP contribution is -2.39. The van der Waals surface area contributed by atoms with E-state index in [9.17, 15) is 13.6 Å². The van der Waals surface area contributed by atoms with Crippen molar-refractivity contribution in [3.05, 3.63) is 65.2 Å². The molecule has 1 amide bonds. The minimum atomic E-state index is -2.95. The number of nitrogens with two attached hydrogens (primary N) is 1. The van der Waals surface area contributed by atoms with Crippen molar-refractivity contribution >= 4 is 11.9 Å². The molecule has 0 radical (unpaired) electrons. The molecule has 0 bridgehead atoms. The van der Waals surface area contributed by atoms with E-state index in [2.05, 4.69) is 26.9 Å². The SMILES string of the molecule is NC1=NC(c2ccc(OC(F)F)cc2)(c2cccc(C#CCO)c2)C(=O)N1. The Bertz CT molecular complexity index is 949. The quantitative estimate of drug-likeness (QED) is 0.706. The summed E-state index contributed by atoms with van der Waals surface area (Å²) >= 11 is 0. The smallest absolute Gasteiger partial charge is 0.387 e. The Morgan fingerprint density at radius 2 is 1.96 bits per heavy atom. The highest BCUT2D eigenvalue weighted by Crippen LogP contribution is 2.37. The highest BCUT2D eigenvalue weighted by Gasteiger charge is 2.46. The van der Waals surface area contributed by atoms with Crippen molar-refractivity contribution in [3.63, 3.8) is 0 Å². The largest absolute Gasteiger partial charge is 0.435 e. The lowest BCUT2D eigenvalue weighted by Gasteiger charge is -2.25. The van der Waals surface area contributed by atoms with E-state index in [0.29, 0.717) is 16.7 Å². The first-order valence-corrected chi connectivity index (χ1v) is 7.88. The fraction of sp³-hybridized carbons (Fsp3) is 0.158. The van der Waals surface area contributed by atoms with Crippen LogP contribution in [0.25, 0.3) is 0 Å². The third kappa shape index (κ3) is 3.59. The maximum absolute atomic E-state index is 12.8. The van der Waals surface area contributed by atoms with Gasteiger partial charge >= 0.3 is 6.61 Å². The number of aliphatic imine (C=N–C) groups is 1. The van der Waals surface area contributed by atoms with Crippen LogP contribution < -0.4 is 15.8 Å². The predicted octanol–water partition coefficient (Wildman–Crippen LogP) is 1.32. The molecular weight excluding hydrogens is 356 g/mol. The van der Waals surface area contributed by atoms with E-state index < -0.39 is 18.1 Å². The van der Waals surface area contributed by atoms with E-state index in [1.54, 1.807) is 24.3 Å². The van der Waals surface area contributed by atoms with E-state index in [4.69, 9.17) is 10.8 Å². The van der Waals surface area contributed by atoms with Gasteiger partial charge in [0.15, 0.2) is 11.5 Å². The van der Waals surface area contributed by atoms with Gasteiger partial charge in [-0.1, -0.05) is 36.1 Å². The van der Waals surface area contributed by atoms with E-state index in [0.717, 1.165) is 0 Å². The lowest BCUT2D eigenvalue weighted by molar-refractivity contribution is -0.122. The maximum atomic E-state index is 12.8. The fourth-order valence-electron chi connectivity index (χ4n) is 2.87. The number of halogens is 2. The van der Waals surface area contributed by atoms with Gasteiger partial charge in [0.1, 0.15) is 12.4 Å². The van der Waals surface area contributed by atoms with Gasteiger partial charge in [-0.2, -0.15) is 8.78 Å². The number of carbonyl (C=O) groups excluding carboxylic acids is 1. The number of aliphatic hydroxyl groups is 1. The molecule has 1 unspecified atom stereocenters. The van der Waals surface area contributed by atoms with Gasteiger partial charge in [-0.05, 0) is 35.4 Å². The van der Waals surface area contributed by atoms with Crippen LogP contribution in [0.3, 0.4) is 0 Å². The molecule has 1 atom stereocenters. The number of hydrogen-bond donors (Lipinski definition) is 3. The van der Waals surface area contributed by atoms with Crippen molar-refractivity contribution in [1.82, 2.24) is 5.32 Å². The molecule has 0 spiro atoms. The summed E-state index contributed by atoms with van der Waals surface area (Å²) < 4.78 is 29.1. The summed E-state index contributed by atoms with van der Waals surface area (Å²) in [6, 6.07) is 12.4. The zero-order valence-electron chi connectivity index (χ0n) is 13.9. The normalized spacial score (nSPS) is 18.5. The van der Waals surface area contributed by atoms with Gasteiger partial charge in [-0.25, -0.2) is 4.99 Å². The van der Waals surface area contributed by atoms with Gasteiger partial charge in [0.2, 0.25) is 0 Å². The van der Waals surface area contributed by atoms with Crippen LogP contribution >= 0.6 is 0 Å². The minimum Gasteiger partial charge on any atom is -0.435 e. The Hall–Kier alpha value is -3.44. The predicted molar refractivity (Wildman–Crippen MR) is 94.0 cm³/mol. The van der Waals surface area contributed by atoms with Gasteiger partial charge < -0.3 is 15.6 Å². The number of nitrogens with one attached hydrogen (secondary N) is 1. The van der Waals surface area contributed by atoms with Crippen LogP contribution in [0.4, 0.5) is 8.78 Å². The van der Waals surface area contributed by atoms with Crippen LogP contribution in [0, 0.1) is 11.8 Å². The Morgan fingerprint density at radius 1 is 1.22 bits per heavy atom. The molecule has 0 fully saturated rings. The van der Waals surface area contributed by atoms with Crippen molar-refractivity contribution in [2.75, 3.05) is 6.61 Å². The van der Waals surface area contributed by atoms with Crippen LogP contribution in [0.1, 0.15) is 16.7 Å². The molecule has 8 heteroatoms. The summed E-state index contributed by atoms with van der Waals surface area (Å²) in [6.45, 7) is -3.25. The fourth-order valence-corrected chi connectivity index (χ4v) is 2.87. The number of rotatable bonds is 4. The van der Waals surface area contributed by atoms with Crippen LogP contribution in [0.2, 0.25) is 0 Å². The number of nitrogens with zero attached hydrogens (tertiary/aromatic N) is 1. The van der Waals surface area contributed by atoms with Crippen LogP contribution in [0.5, 0.6) is 5.75 Å². The standard InChI is InChI=1S/C19H15F2N3O3/c20-17(21)27-15-8-6-13(7-9-15)19(16(26)23-18(22)24-19)14-5-1-3-12(11-14)4-2-10-25/h1,3,5-9,11,17,25H,10H2,(H3,22,23,24,26). The number of aliphatic hydroxyl groups excluding tert-OH is 1. The third-order valence-corrected chi connectivity index (χ3v) is 3.95. The third-order valence-electron chi connectivity index (χ3n) is 3.95.